The fraction of sp³-hybridized carbons (Fsp3) is 0. The molecule has 0 aromatic carbocycles. The zero-order valence-electron chi connectivity index (χ0n) is 3.94. The maximum absolute atomic E-state index is 6.63. The summed E-state index contributed by atoms with van der Waals surface area (Å²) in [4.78, 5) is 3.45. The van der Waals surface area contributed by atoms with Gasteiger partial charge >= 0.3 is 0 Å². The average molecular weight is 151 g/mol. The van der Waals surface area contributed by atoms with Crippen molar-refractivity contribution in [1.82, 2.24) is 0 Å². The van der Waals surface area contributed by atoms with E-state index in [9.17, 15) is 0 Å². The molecule has 0 atom stereocenters. The first-order valence-electron chi connectivity index (χ1n) is 1.80. The van der Waals surface area contributed by atoms with Crippen LogP contribution in [0.1, 0.15) is 0 Å². The van der Waals surface area contributed by atoms with Gasteiger partial charge in [-0.15, -0.1) is 0 Å². The van der Waals surface area contributed by atoms with Gasteiger partial charge in [-0.1, -0.05) is 23.2 Å². The third kappa shape index (κ3) is 5.66. The van der Waals surface area contributed by atoms with E-state index in [-0.39, 0.29) is 5.17 Å². The minimum Gasteiger partial charge on any atom is -0.289 e. The summed E-state index contributed by atoms with van der Waals surface area (Å²) in [6, 6.07) is 0. The molecule has 1 N–H and O–H groups in total. The van der Waals surface area contributed by atoms with Crippen LogP contribution in [0.15, 0.2) is 17.3 Å². The number of hydrogen-bond donors (Lipinski definition) is 1. The fourth-order valence-electron chi connectivity index (χ4n) is 0.141. The molecular weight excluding hydrogens is 147 g/mol. The minimum atomic E-state index is -0.0627. The predicted molar refractivity (Wildman–Crippen MR) is 37.1 cm³/mol. The van der Waals surface area contributed by atoms with E-state index in [0.29, 0.717) is 0 Å². The van der Waals surface area contributed by atoms with Crippen molar-refractivity contribution < 1.29 is 0 Å². The molecule has 0 amide bonds. The zero-order valence-corrected chi connectivity index (χ0v) is 5.45. The van der Waals surface area contributed by atoms with Crippen molar-refractivity contribution in [2.45, 2.75) is 0 Å². The monoisotopic (exact) mass is 150 g/mol. The van der Waals surface area contributed by atoms with Crippen molar-refractivity contribution in [1.29, 1.82) is 5.41 Å². The summed E-state index contributed by atoms with van der Waals surface area (Å²) in [7, 11) is 0. The van der Waals surface area contributed by atoms with E-state index in [4.69, 9.17) is 28.6 Å². The molecule has 0 saturated heterocycles. The van der Waals surface area contributed by atoms with E-state index in [1.165, 1.54) is 12.3 Å². The van der Waals surface area contributed by atoms with Crippen molar-refractivity contribution in [3.8, 4) is 0 Å². The van der Waals surface area contributed by atoms with Crippen LogP contribution >= 0.6 is 23.2 Å². The topological polar surface area (TPSA) is 36.2 Å². The largest absolute Gasteiger partial charge is 0.289 e. The molecule has 0 saturated carbocycles. The van der Waals surface area contributed by atoms with Crippen molar-refractivity contribution >= 4 is 34.0 Å². The molecular formula is C4H4Cl2N2. The molecule has 0 aliphatic carbocycles. The molecule has 8 heavy (non-hydrogen) atoms. The highest BCUT2D eigenvalue weighted by Gasteiger charge is 1.73. The Bertz CT molecular complexity index is 128. The molecule has 0 fully saturated rings. The number of aliphatic imine (C=N–C) groups is 1. The SMILES string of the molecule is N=C(Cl)/C=C\N=CCl. The number of rotatable bonds is 2. The summed E-state index contributed by atoms with van der Waals surface area (Å²) < 4.78 is 0. The molecule has 0 aliphatic rings. The highest BCUT2D eigenvalue weighted by atomic mass is 35.5. The van der Waals surface area contributed by atoms with Crippen LogP contribution in [0, 0.1) is 5.41 Å². The second-order valence-electron chi connectivity index (χ2n) is 0.910. The van der Waals surface area contributed by atoms with Gasteiger partial charge in [0.05, 0.1) is 5.67 Å². The van der Waals surface area contributed by atoms with E-state index < -0.39 is 0 Å². The maximum atomic E-state index is 6.63. The third-order valence-corrected chi connectivity index (χ3v) is 0.602. The van der Waals surface area contributed by atoms with Gasteiger partial charge in [-0.2, -0.15) is 0 Å². The van der Waals surface area contributed by atoms with Gasteiger partial charge in [0.25, 0.3) is 0 Å². The lowest BCUT2D eigenvalue weighted by Crippen LogP contribution is -1.69. The highest BCUT2D eigenvalue weighted by Crippen LogP contribution is 1.83. The van der Waals surface area contributed by atoms with E-state index in [2.05, 4.69) is 4.99 Å². The molecule has 0 heterocycles. The van der Waals surface area contributed by atoms with E-state index in [1.807, 2.05) is 0 Å². The Morgan fingerprint density at radius 3 is 2.62 bits per heavy atom. The first-order valence-corrected chi connectivity index (χ1v) is 2.61. The van der Waals surface area contributed by atoms with E-state index in [0.717, 1.165) is 5.67 Å². The van der Waals surface area contributed by atoms with Gasteiger partial charge in [0.15, 0.2) is 0 Å². The number of hydrogen-bond acceptors (Lipinski definition) is 2. The second-order valence-corrected chi connectivity index (χ2v) is 1.51. The molecule has 0 spiro atoms. The molecule has 2 nitrogen and oxygen atoms in total. The lowest BCUT2D eigenvalue weighted by Gasteiger charge is -1.73. The van der Waals surface area contributed by atoms with Crippen LogP contribution < -0.4 is 0 Å². The number of nitrogens with zero attached hydrogens (tertiary/aromatic N) is 1. The molecule has 0 unspecified atom stereocenters. The van der Waals surface area contributed by atoms with Gasteiger partial charge in [-0.3, -0.25) is 10.4 Å². The van der Waals surface area contributed by atoms with Crippen LogP contribution in [0.4, 0.5) is 0 Å². The van der Waals surface area contributed by atoms with Gasteiger partial charge in [0.2, 0.25) is 0 Å². The summed E-state index contributed by atoms with van der Waals surface area (Å²) in [6.07, 6.45) is 2.66. The number of allylic oxidation sites excluding steroid dienone is 1. The number of nitrogens with one attached hydrogen (secondary N) is 1. The molecule has 0 aliphatic heterocycles. The van der Waals surface area contributed by atoms with E-state index in [1.54, 1.807) is 0 Å². The van der Waals surface area contributed by atoms with Crippen LogP contribution in [0.2, 0.25) is 0 Å². The minimum absolute atomic E-state index is 0.0627. The molecule has 44 valence electrons. The Balaban J connectivity index is 3.50. The lowest BCUT2D eigenvalue weighted by atomic mass is 10.7. The third-order valence-electron chi connectivity index (χ3n) is 0.363. The summed E-state index contributed by atoms with van der Waals surface area (Å²) in [5, 5.41) is 6.57. The maximum Gasteiger partial charge on any atom is 0.122 e. The molecule has 0 bridgehead atoms. The van der Waals surface area contributed by atoms with Crippen LogP contribution in [0.3, 0.4) is 0 Å². The second kappa shape index (κ2) is 4.81. The summed E-state index contributed by atoms with van der Waals surface area (Å²) in [5.41, 5.74) is 1.09. The first kappa shape index (κ1) is 7.66. The van der Waals surface area contributed by atoms with Gasteiger partial charge in [-0.25, -0.2) is 0 Å². The van der Waals surface area contributed by atoms with Crippen LogP contribution in [-0.4, -0.2) is 10.8 Å². The van der Waals surface area contributed by atoms with E-state index >= 15 is 0 Å². The molecule has 0 radical (unpaired) electrons. The van der Waals surface area contributed by atoms with Crippen LogP contribution in [0.25, 0.3) is 0 Å². The Labute approximate surface area is 57.3 Å². The Kier molecular flexibility index (Phi) is 4.61. The Morgan fingerprint density at radius 1 is 1.62 bits per heavy atom. The van der Waals surface area contributed by atoms with Gasteiger partial charge in [0.1, 0.15) is 5.17 Å². The normalized spacial score (nSPS) is 11.2. The zero-order chi connectivity index (χ0) is 6.41. The summed E-state index contributed by atoms with van der Waals surface area (Å²) in [5.74, 6) is 0. The van der Waals surface area contributed by atoms with Gasteiger partial charge in [-0.05, 0) is 6.08 Å². The average Bonchev–Trinajstić information content (AvgIpc) is 1.66. The molecule has 4 heteroatoms. The van der Waals surface area contributed by atoms with Crippen molar-refractivity contribution in [3.05, 3.63) is 12.3 Å². The highest BCUT2D eigenvalue weighted by molar-refractivity contribution is 6.67. The standard InChI is InChI=1S/C4H4Cl2N2/c5-3-8-2-1-4(6)7/h1-3,7H/b2-1-,7-4?,8-3?. The smallest absolute Gasteiger partial charge is 0.122 e. The lowest BCUT2D eigenvalue weighted by molar-refractivity contribution is 1.54. The van der Waals surface area contributed by atoms with Crippen molar-refractivity contribution in [2.75, 3.05) is 0 Å². The fourth-order valence-corrected chi connectivity index (χ4v) is 0.262. The van der Waals surface area contributed by atoms with Crippen LogP contribution in [0.5, 0.6) is 0 Å². The van der Waals surface area contributed by atoms with Gasteiger partial charge < -0.3 is 0 Å². The summed E-state index contributed by atoms with van der Waals surface area (Å²) >= 11 is 10.1. The first-order chi connectivity index (χ1) is 3.77. The van der Waals surface area contributed by atoms with Crippen LogP contribution in [-0.2, 0) is 0 Å². The molecule has 0 aromatic heterocycles. The summed E-state index contributed by atoms with van der Waals surface area (Å²) in [6.45, 7) is 0. The van der Waals surface area contributed by atoms with Crippen molar-refractivity contribution in [3.63, 3.8) is 0 Å². The van der Waals surface area contributed by atoms with Gasteiger partial charge in [0, 0.05) is 6.20 Å². The number of halogens is 2. The quantitative estimate of drug-likeness (QED) is 0.585. The predicted octanol–water partition coefficient (Wildman–Crippen LogP) is 1.98. The molecule has 0 rings (SSSR count). The van der Waals surface area contributed by atoms with Crippen molar-refractivity contribution in [2.24, 2.45) is 4.99 Å². The Morgan fingerprint density at radius 2 is 2.25 bits per heavy atom. The Hall–Kier alpha value is -0.340. The molecule has 0 aromatic rings.